The summed E-state index contributed by atoms with van der Waals surface area (Å²) in [6, 6.07) is 24.9. The monoisotopic (exact) mass is 411 g/mol. The van der Waals surface area contributed by atoms with E-state index in [1.165, 1.54) is 0 Å². The highest BCUT2D eigenvalue weighted by molar-refractivity contribution is 6.08. The Morgan fingerprint density at radius 2 is 1.58 bits per heavy atom. The average molecular weight is 411 g/mol. The minimum atomic E-state index is -0.240. The Hall–Kier alpha value is -4.06. The minimum Gasteiger partial charge on any atom is -0.490 e. The molecule has 6 heteroatoms. The van der Waals surface area contributed by atoms with E-state index in [0.29, 0.717) is 41.7 Å². The second kappa shape index (κ2) is 8.36. The third kappa shape index (κ3) is 4.00. The highest BCUT2D eigenvalue weighted by Crippen LogP contribution is 2.33. The summed E-state index contributed by atoms with van der Waals surface area (Å²) in [6.45, 7) is 1.21. The molecule has 1 amide bonds. The zero-order valence-corrected chi connectivity index (χ0v) is 16.8. The summed E-state index contributed by atoms with van der Waals surface area (Å²) >= 11 is 0. The maximum absolute atomic E-state index is 13.3. The average Bonchev–Trinajstić information content (AvgIpc) is 3.14. The first-order valence-electron chi connectivity index (χ1n) is 10.2. The molecule has 5 rings (SSSR count). The van der Waals surface area contributed by atoms with Crippen molar-refractivity contribution in [1.82, 2.24) is 9.78 Å². The van der Waals surface area contributed by atoms with Gasteiger partial charge in [0.2, 0.25) is 0 Å². The zero-order valence-electron chi connectivity index (χ0n) is 16.8. The number of fused-ring (bicyclic) bond motifs is 1. The number of carbonyl (C=O) groups excluding carboxylic acids is 1. The molecule has 4 aromatic rings. The molecule has 1 N–H and O–H groups in total. The van der Waals surface area contributed by atoms with Crippen LogP contribution in [0.4, 0.5) is 5.69 Å². The molecule has 1 aliphatic rings. The lowest BCUT2D eigenvalue weighted by Crippen LogP contribution is -2.12. The van der Waals surface area contributed by atoms with Crippen molar-refractivity contribution in [3.05, 3.63) is 90.6 Å². The maximum Gasteiger partial charge on any atom is 0.259 e. The van der Waals surface area contributed by atoms with Crippen LogP contribution in [-0.2, 0) is 0 Å². The standard InChI is InChI=1S/C25H21N3O3/c29-25(26-19-12-13-22-23(16-19)31-15-7-14-30-22)21-17-28(20-10-5-2-6-11-20)27-24(21)18-8-3-1-4-9-18/h1-6,8-13,16-17H,7,14-15H2,(H,26,29). The maximum atomic E-state index is 13.3. The van der Waals surface area contributed by atoms with Crippen LogP contribution in [0.15, 0.2) is 85.1 Å². The van der Waals surface area contributed by atoms with E-state index in [0.717, 1.165) is 17.7 Å². The van der Waals surface area contributed by atoms with Crippen molar-refractivity contribution in [1.29, 1.82) is 0 Å². The summed E-state index contributed by atoms with van der Waals surface area (Å²) < 4.78 is 13.1. The van der Waals surface area contributed by atoms with Crippen LogP contribution in [0.1, 0.15) is 16.8 Å². The van der Waals surface area contributed by atoms with Crippen LogP contribution < -0.4 is 14.8 Å². The number of amides is 1. The molecule has 3 aromatic carbocycles. The van der Waals surface area contributed by atoms with Crippen LogP contribution in [0.3, 0.4) is 0 Å². The van der Waals surface area contributed by atoms with E-state index < -0.39 is 0 Å². The van der Waals surface area contributed by atoms with Gasteiger partial charge in [0, 0.05) is 29.9 Å². The Bertz CT molecular complexity index is 1200. The van der Waals surface area contributed by atoms with Crippen molar-refractivity contribution in [2.24, 2.45) is 0 Å². The van der Waals surface area contributed by atoms with Gasteiger partial charge in [-0.3, -0.25) is 4.79 Å². The summed E-state index contributed by atoms with van der Waals surface area (Å²) in [6.07, 6.45) is 2.59. The molecule has 0 saturated carbocycles. The molecule has 0 saturated heterocycles. The van der Waals surface area contributed by atoms with Crippen molar-refractivity contribution in [2.75, 3.05) is 18.5 Å². The number of ether oxygens (including phenoxy) is 2. The molecule has 0 radical (unpaired) electrons. The van der Waals surface area contributed by atoms with Gasteiger partial charge in [-0.15, -0.1) is 0 Å². The van der Waals surface area contributed by atoms with Crippen LogP contribution in [0, 0.1) is 0 Å². The van der Waals surface area contributed by atoms with Crippen LogP contribution in [0.5, 0.6) is 11.5 Å². The van der Waals surface area contributed by atoms with E-state index in [4.69, 9.17) is 14.6 Å². The van der Waals surface area contributed by atoms with E-state index in [1.54, 1.807) is 16.9 Å². The molecular weight excluding hydrogens is 390 g/mol. The second-order valence-electron chi connectivity index (χ2n) is 7.20. The number of rotatable bonds is 4. The molecule has 0 fully saturated rings. The Morgan fingerprint density at radius 1 is 0.871 bits per heavy atom. The van der Waals surface area contributed by atoms with Crippen molar-refractivity contribution in [3.8, 4) is 28.4 Å². The quantitative estimate of drug-likeness (QED) is 0.516. The Kier molecular flexibility index (Phi) is 5.10. The lowest BCUT2D eigenvalue weighted by atomic mass is 10.1. The molecule has 6 nitrogen and oxygen atoms in total. The molecule has 154 valence electrons. The van der Waals surface area contributed by atoms with E-state index in [9.17, 15) is 4.79 Å². The smallest absolute Gasteiger partial charge is 0.259 e. The third-order valence-corrected chi connectivity index (χ3v) is 5.03. The summed E-state index contributed by atoms with van der Waals surface area (Å²) in [5.41, 5.74) is 3.51. The lowest BCUT2D eigenvalue weighted by molar-refractivity contribution is 0.102. The predicted octanol–water partition coefficient (Wildman–Crippen LogP) is 4.95. The topological polar surface area (TPSA) is 65.4 Å². The molecule has 1 aromatic heterocycles. The highest BCUT2D eigenvalue weighted by Gasteiger charge is 2.20. The van der Waals surface area contributed by atoms with E-state index in [2.05, 4.69) is 5.32 Å². The molecular formula is C25H21N3O3. The first kappa shape index (κ1) is 18.9. The number of nitrogens with zero attached hydrogens (tertiary/aromatic N) is 2. The number of benzene rings is 3. The summed E-state index contributed by atoms with van der Waals surface area (Å²) in [5, 5.41) is 7.68. The van der Waals surface area contributed by atoms with Crippen molar-refractivity contribution in [2.45, 2.75) is 6.42 Å². The fraction of sp³-hybridized carbons (Fsp3) is 0.120. The van der Waals surface area contributed by atoms with Crippen molar-refractivity contribution >= 4 is 11.6 Å². The molecule has 2 heterocycles. The largest absolute Gasteiger partial charge is 0.490 e. The van der Waals surface area contributed by atoms with Crippen molar-refractivity contribution in [3.63, 3.8) is 0 Å². The van der Waals surface area contributed by atoms with Gasteiger partial charge < -0.3 is 14.8 Å². The van der Waals surface area contributed by atoms with E-state index >= 15 is 0 Å². The van der Waals surface area contributed by atoms with Crippen molar-refractivity contribution < 1.29 is 14.3 Å². The molecule has 0 unspecified atom stereocenters. The van der Waals surface area contributed by atoms with Gasteiger partial charge in [-0.25, -0.2) is 4.68 Å². The number of hydrogen-bond acceptors (Lipinski definition) is 4. The van der Waals surface area contributed by atoms with Crippen LogP contribution in [0.2, 0.25) is 0 Å². The summed E-state index contributed by atoms with van der Waals surface area (Å²) in [7, 11) is 0. The molecule has 31 heavy (non-hydrogen) atoms. The van der Waals surface area contributed by atoms with Crippen LogP contribution in [-0.4, -0.2) is 28.9 Å². The first-order chi connectivity index (χ1) is 15.3. The number of hydrogen-bond donors (Lipinski definition) is 1. The Labute approximate surface area is 180 Å². The summed E-state index contributed by atoms with van der Waals surface area (Å²) in [4.78, 5) is 13.3. The Balaban J connectivity index is 1.49. The summed E-state index contributed by atoms with van der Waals surface area (Å²) in [5.74, 6) is 1.09. The number of para-hydroxylation sites is 1. The van der Waals surface area contributed by atoms with Gasteiger partial charge >= 0.3 is 0 Å². The second-order valence-corrected chi connectivity index (χ2v) is 7.20. The lowest BCUT2D eigenvalue weighted by Gasteiger charge is -2.10. The third-order valence-electron chi connectivity index (χ3n) is 5.03. The van der Waals surface area contributed by atoms with Gasteiger partial charge in [0.25, 0.3) is 5.91 Å². The number of carbonyl (C=O) groups is 1. The molecule has 0 aliphatic carbocycles. The fourth-order valence-corrected chi connectivity index (χ4v) is 3.50. The van der Waals surface area contributed by atoms with Gasteiger partial charge in [-0.05, 0) is 24.3 Å². The molecule has 0 atom stereocenters. The van der Waals surface area contributed by atoms with Gasteiger partial charge in [-0.1, -0.05) is 48.5 Å². The minimum absolute atomic E-state index is 0.240. The Morgan fingerprint density at radius 3 is 2.35 bits per heavy atom. The number of aromatic nitrogens is 2. The zero-order chi connectivity index (χ0) is 21.0. The highest BCUT2D eigenvalue weighted by atomic mass is 16.5. The van der Waals surface area contributed by atoms with Crippen LogP contribution in [0.25, 0.3) is 16.9 Å². The van der Waals surface area contributed by atoms with Crippen LogP contribution >= 0.6 is 0 Å². The van der Waals surface area contributed by atoms with E-state index in [1.807, 2.05) is 72.8 Å². The van der Waals surface area contributed by atoms with E-state index in [-0.39, 0.29) is 5.91 Å². The first-order valence-corrected chi connectivity index (χ1v) is 10.2. The molecule has 0 spiro atoms. The van der Waals surface area contributed by atoms with Gasteiger partial charge in [-0.2, -0.15) is 5.10 Å². The van der Waals surface area contributed by atoms with Gasteiger partial charge in [0.15, 0.2) is 11.5 Å². The SMILES string of the molecule is O=C(Nc1ccc2c(c1)OCCCO2)c1cn(-c2ccccc2)nc1-c1ccccc1. The fourth-order valence-electron chi connectivity index (χ4n) is 3.50. The molecule has 0 bridgehead atoms. The number of nitrogens with one attached hydrogen (secondary N) is 1. The van der Waals surface area contributed by atoms with Gasteiger partial charge in [0.1, 0.15) is 5.69 Å². The number of anilines is 1. The normalized spacial score (nSPS) is 12.8. The molecule has 1 aliphatic heterocycles. The predicted molar refractivity (Wildman–Crippen MR) is 119 cm³/mol. The van der Waals surface area contributed by atoms with Gasteiger partial charge in [0.05, 0.1) is 24.5 Å².